The van der Waals surface area contributed by atoms with Gasteiger partial charge in [-0.1, -0.05) is 12.2 Å². The number of hydrogen-bond donors (Lipinski definition) is 1. The second-order valence-corrected chi connectivity index (χ2v) is 2.72. The third-order valence-corrected chi connectivity index (χ3v) is 1.34. The topological polar surface area (TPSA) is 29.5 Å². The summed E-state index contributed by atoms with van der Waals surface area (Å²) < 4.78 is 5.12. The van der Waals surface area contributed by atoms with Crippen LogP contribution >= 0.6 is 0 Å². The highest BCUT2D eigenvalue weighted by Crippen LogP contribution is 2.08. The summed E-state index contributed by atoms with van der Waals surface area (Å²) in [5, 5.41) is 8.44. The Balaban J connectivity index is 3.63. The molecule has 0 aliphatic rings. The van der Waals surface area contributed by atoms with Gasteiger partial charge in [-0.05, 0) is 20.3 Å². The van der Waals surface area contributed by atoms with Crippen molar-refractivity contribution in [2.24, 2.45) is 0 Å². The Morgan fingerprint density at radius 1 is 1.50 bits per heavy atom. The van der Waals surface area contributed by atoms with Crippen molar-refractivity contribution in [3.63, 3.8) is 0 Å². The highest BCUT2D eigenvalue weighted by Gasteiger charge is 2.09. The lowest BCUT2D eigenvalue weighted by Gasteiger charge is -2.17. The number of hydrogen-bond acceptors (Lipinski definition) is 2. The normalized spacial score (nSPS) is 12.8. The van der Waals surface area contributed by atoms with Gasteiger partial charge in [0.1, 0.15) is 0 Å². The van der Waals surface area contributed by atoms with Crippen LogP contribution in [0.3, 0.4) is 0 Å². The molecule has 0 atom stereocenters. The summed E-state index contributed by atoms with van der Waals surface area (Å²) in [5.74, 6) is 0. The van der Waals surface area contributed by atoms with Crippen molar-refractivity contribution in [2.45, 2.75) is 25.9 Å². The molecule has 2 heteroatoms. The number of ether oxygens (including phenoxy) is 1. The molecule has 2 nitrogen and oxygen atoms in total. The molecule has 0 aromatic carbocycles. The van der Waals surface area contributed by atoms with Crippen molar-refractivity contribution < 1.29 is 9.84 Å². The summed E-state index contributed by atoms with van der Waals surface area (Å²) in [6, 6.07) is 0. The molecule has 0 saturated carbocycles. The maximum absolute atomic E-state index is 8.44. The molecule has 0 amide bonds. The van der Waals surface area contributed by atoms with E-state index in [4.69, 9.17) is 9.84 Å². The highest BCUT2D eigenvalue weighted by atomic mass is 16.5. The van der Waals surface area contributed by atoms with Crippen molar-refractivity contribution in [3.8, 4) is 0 Å². The minimum atomic E-state index is -0.199. The molecule has 0 unspecified atom stereocenters. The SMILES string of the molecule is COC(C)(C)C=CCCO. The van der Waals surface area contributed by atoms with Gasteiger partial charge in [-0.3, -0.25) is 0 Å². The predicted molar refractivity (Wildman–Crippen MR) is 41.9 cm³/mol. The first kappa shape index (κ1) is 9.66. The zero-order chi connectivity index (χ0) is 8.04. The summed E-state index contributed by atoms with van der Waals surface area (Å²) >= 11 is 0. The summed E-state index contributed by atoms with van der Waals surface area (Å²) in [5.41, 5.74) is -0.199. The lowest BCUT2D eigenvalue weighted by Crippen LogP contribution is -2.18. The Morgan fingerprint density at radius 2 is 2.10 bits per heavy atom. The molecule has 60 valence electrons. The second kappa shape index (κ2) is 4.47. The van der Waals surface area contributed by atoms with Crippen LogP contribution in [-0.2, 0) is 4.74 Å². The fourth-order valence-corrected chi connectivity index (χ4v) is 0.510. The van der Waals surface area contributed by atoms with E-state index >= 15 is 0 Å². The van der Waals surface area contributed by atoms with Gasteiger partial charge in [-0.2, -0.15) is 0 Å². The molecule has 0 rings (SSSR count). The highest BCUT2D eigenvalue weighted by molar-refractivity contribution is 4.96. The average molecular weight is 144 g/mol. The van der Waals surface area contributed by atoms with Crippen molar-refractivity contribution >= 4 is 0 Å². The van der Waals surface area contributed by atoms with E-state index in [1.54, 1.807) is 7.11 Å². The Labute approximate surface area is 62.5 Å². The molecule has 0 radical (unpaired) electrons. The quantitative estimate of drug-likeness (QED) is 0.603. The van der Waals surface area contributed by atoms with Gasteiger partial charge in [0.25, 0.3) is 0 Å². The van der Waals surface area contributed by atoms with Crippen LogP contribution in [0.4, 0.5) is 0 Å². The zero-order valence-corrected chi connectivity index (χ0v) is 6.92. The Kier molecular flexibility index (Phi) is 4.32. The van der Waals surface area contributed by atoms with Crippen LogP contribution in [0.5, 0.6) is 0 Å². The Bertz CT molecular complexity index is 106. The molecular formula is C8H16O2. The van der Waals surface area contributed by atoms with Gasteiger partial charge < -0.3 is 9.84 Å². The van der Waals surface area contributed by atoms with Gasteiger partial charge in [0.2, 0.25) is 0 Å². The smallest absolute Gasteiger partial charge is 0.0802 e. The summed E-state index contributed by atoms with van der Waals surface area (Å²) in [6.45, 7) is 4.15. The first-order valence-electron chi connectivity index (χ1n) is 3.46. The lowest BCUT2D eigenvalue weighted by atomic mass is 10.1. The van der Waals surface area contributed by atoms with Gasteiger partial charge in [0, 0.05) is 13.7 Å². The van der Waals surface area contributed by atoms with Crippen molar-refractivity contribution in [1.29, 1.82) is 0 Å². The molecule has 10 heavy (non-hydrogen) atoms. The molecule has 1 N–H and O–H groups in total. The molecule has 0 aliphatic heterocycles. The van der Waals surface area contributed by atoms with Gasteiger partial charge in [0.05, 0.1) is 5.60 Å². The van der Waals surface area contributed by atoms with Gasteiger partial charge >= 0.3 is 0 Å². The molecule has 0 bridgehead atoms. The van der Waals surface area contributed by atoms with Crippen LogP contribution in [0.15, 0.2) is 12.2 Å². The lowest BCUT2D eigenvalue weighted by molar-refractivity contribution is 0.0653. The van der Waals surface area contributed by atoms with Crippen molar-refractivity contribution in [1.82, 2.24) is 0 Å². The number of rotatable bonds is 4. The largest absolute Gasteiger partial charge is 0.396 e. The summed E-state index contributed by atoms with van der Waals surface area (Å²) in [6.07, 6.45) is 4.57. The van der Waals surface area contributed by atoms with Gasteiger partial charge in [-0.15, -0.1) is 0 Å². The molecule has 0 saturated heterocycles. The first-order valence-corrected chi connectivity index (χ1v) is 3.46. The molecule has 0 spiro atoms. The number of aliphatic hydroxyl groups is 1. The van der Waals surface area contributed by atoms with Crippen LogP contribution in [0.1, 0.15) is 20.3 Å². The standard InChI is InChI=1S/C8H16O2/c1-8(2,10-3)6-4-5-7-9/h4,6,9H,5,7H2,1-3H3. The van der Waals surface area contributed by atoms with E-state index in [1.807, 2.05) is 26.0 Å². The molecule has 0 heterocycles. The second-order valence-electron chi connectivity index (χ2n) is 2.72. The fraction of sp³-hybridized carbons (Fsp3) is 0.750. The maximum Gasteiger partial charge on any atom is 0.0802 e. The zero-order valence-electron chi connectivity index (χ0n) is 6.92. The van der Waals surface area contributed by atoms with Crippen molar-refractivity contribution in [3.05, 3.63) is 12.2 Å². The molecule has 0 fully saturated rings. The monoisotopic (exact) mass is 144 g/mol. The van der Waals surface area contributed by atoms with Crippen molar-refractivity contribution in [2.75, 3.05) is 13.7 Å². The van der Waals surface area contributed by atoms with Crippen LogP contribution in [0.25, 0.3) is 0 Å². The molecule has 0 aliphatic carbocycles. The minimum absolute atomic E-state index is 0.199. The van der Waals surface area contributed by atoms with Crippen LogP contribution in [-0.4, -0.2) is 24.4 Å². The molecular weight excluding hydrogens is 128 g/mol. The van der Waals surface area contributed by atoms with E-state index in [2.05, 4.69) is 0 Å². The third kappa shape index (κ3) is 4.53. The molecule has 0 aromatic heterocycles. The van der Waals surface area contributed by atoms with Crippen LogP contribution < -0.4 is 0 Å². The van der Waals surface area contributed by atoms with E-state index in [0.717, 1.165) is 0 Å². The number of methoxy groups -OCH3 is 1. The van der Waals surface area contributed by atoms with E-state index in [-0.39, 0.29) is 12.2 Å². The van der Waals surface area contributed by atoms with Crippen LogP contribution in [0, 0.1) is 0 Å². The maximum atomic E-state index is 8.44. The van der Waals surface area contributed by atoms with E-state index in [9.17, 15) is 0 Å². The van der Waals surface area contributed by atoms with E-state index in [1.165, 1.54) is 0 Å². The predicted octanol–water partition coefficient (Wildman–Crippen LogP) is 1.35. The minimum Gasteiger partial charge on any atom is -0.396 e. The van der Waals surface area contributed by atoms with Gasteiger partial charge in [0.15, 0.2) is 0 Å². The van der Waals surface area contributed by atoms with Gasteiger partial charge in [-0.25, -0.2) is 0 Å². The summed E-state index contributed by atoms with van der Waals surface area (Å²) in [7, 11) is 1.67. The summed E-state index contributed by atoms with van der Waals surface area (Å²) in [4.78, 5) is 0. The van der Waals surface area contributed by atoms with E-state index in [0.29, 0.717) is 6.42 Å². The third-order valence-electron chi connectivity index (χ3n) is 1.34. The average Bonchev–Trinajstić information content (AvgIpc) is 1.89. The number of aliphatic hydroxyl groups excluding tert-OH is 1. The Hall–Kier alpha value is -0.340. The fourth-order valence-electron chi connectivity index (χ4n) is 0.510. The molecule has 0 aromatic rings. The van der Waals surface area contributed by atoms with Crippen LogP contribution in [0.2, 0.25) is 0 Å². The van der Waals surface area contributed by atoms with E-state index < -0.39 is 0 Å². The Morgan fingerprint density at radius 3 is 2.50 bits per heavy atom. The first-order chi connectivity index (χ1) is 4.62.